The van der Waals surface area contributed by atoms with E-state index in [2.05, 4.69) is 17.0 Å². The topological polar surface area (TPSA) is 58.2 Å². The van der Waals surface area contributed by atoms with E-state index in [1.165, 1.54) is 5.56 Å². The third-order valence-corrected chi connectivity index (χ3v) is 5.31. The minimum atomic E-state index is -3.28. The summed E-state index contributed by atoms with van der Waals surface area (Å²) in [6.45, 7) is 5.80. The number of nitrogens with one attached hydrogen (secondary N) is 2. The highest BCUT2D eigenvalue weighted by Gasteiger charge is 2.16. The molecular formula is C15H26N2O2S2. The summed E-state index contributed by atoms with van der Waals surface area (Å²) in [4.78, 5) is 0. The van der Waals surface area contributed by atoms with Crippen molar-refractivity contribution in [1.82, 2.24) is 10.0 Å². The van der Waals surface area contributed by atoms with Gasteiger partial charge >= 0.3 is 0 Å². The van der Waals surface area contributed by atoms with Crippen molar-refractivity contribution in [1.29, 1.82) is 0 Å². The molecule has 6 heteroatoms. The normalized spacial score (nSPS) is 13.3. The number of thioether (sulfide) groups is 1. The van der Waals surface area contributed by atoms with Crippen LogP contribution >= 0.6 is 11.8 Å². The van der Waals surface area contributed by atoms with Crippen molar-refractivity contribution in [3.8, 4) is 0 Å². The van der Waals surface area contributed by atoms with Crippen LogP contribution in [0, 0.1) is 0 Å². The molecule has 1 aromatic rings. The quantitative estimate of drug-likeness (QED) is 0.691. The summed E-state index contributed by atoms with van der Waals surface area (Å²) in [6.07, 6.45) is 2.79. The van der Waals surface area contributed by atoms with Crippen LogP contribution in [0.1, 0.15) is 31.4 Å². The SMILES string of the molecule is CCNCc1ccc(CS(=O)(=O)NC(CC)CSC)cc1. The van der Waals surface area contributed by atoms with Crippen molar-refractivity contribution in [3.05, 3.63) is 35.4 Å². The van der Waals surface area contributed by atoms with E-state index in [4.69, 9.17) is 0 Å². The monoisotopic (exact) mass is 330 g/mol. The van der Waals surface area contributed by atoms with Crippen LogP contribution in [0.25, 0.3) is 0 Å². The van der Waals surface area contributed by atoms with E-state index in [-0.39, 0.29) is 11.8 Å². The van der Waals surface area contributed by atoms with Crippen LogP contribution in [0.15, 0.2) is 24.3 Å². The fourth-order valence-corrected chi connectivity index (χ4v) is 4.27. The van der Waals surface area contributed by atoms with E-state index in [0.29, 0.717) is 0 Å². The Hall–Kier alpha value is -0.560. The summed E-state index contributed by atoms with van der Waals surface area (Å²) in [6, 6.07) is 7.75. The minimum absolute atomic E-state index is 0.0121. The number of rotatable bonds is 10. The summed E-state index contributed by atoms with van der Waals surface area (Å²) in [5, 5.41) is 3.25. The molecule has 4 nitrogen and oxygen atoms in total. The van der Waals surface area contributed by atoms with Gasteiger partial charge in [0.05, 0.1) is 5.75 Å². The Kier molecular flexibility index (Phi) is 8.33. The van der Waals surface area contributed by atoms with Gasteiger partial charge in [0.15, 0.2) is 0 Å². The number of sulfonamides is 1. The van der Waals surface area contributed by atoms with Gasteiger partial charge in [-0.2, -0.15) is 11.8 Å². The first-order valence-corrected chi connectivity index (χ1v) is 10.3. The molecule has 2 N–H and O–H groups in total. The van der Waals surface area contributed by atoms with E-state index < -0.39 is 10.0 Å². The van der Waals surface area contributed by atoms with Gasteiger partial charge in [-0.1, -0.05) is 38.1 Å². The molecule has 21 heavy (non-hydrogen) atoms. The lowest BCUT2D eigenvalue weighted by molar-refractivity contribution is 0.557. The Balaban J connectivity index is 2.62. The highest BCUT2D eigenvalue weighted by Crippen LogP contribution is 2.10. The molecule has 0 saturated carbocycles. The van der Waals surface area contributed by atoms with Gasteiger partial charge in [-0.05, 0) is 30.3 Å². The first kappa shape index (κ1) is 18.5. The first-order chi connectivity index (χ1) is 10.0. The van der Waals surface area contributed by atoms with Gasteiger partial charge in [-0.25, -0.2) is 13.1 Å². The van der Waals surface area contributed by atoms with E-state index in [9.17, 15) is 8.42 Å². The maximum Gasteiger partial charge on any atom is 0.216 e. The smallest absolute Gasteiger partial charge is 0.216 e. The predicted molar refractivity (Wildman–Crippen MR) is 92.0 cm³/mol. The Bertz CT molecular complexity index is 501. The third kappa shape index (κ3) is 7.31. The molecule has 0 spiro atoms. The molecule has 0 heterocycles. The second kappa shape index (κ2) is 9.46. The molecule has 0 saturated heterocycles. The maximum atomic E-state index is 12.2. The third-order valence-electron chi connectivity index (χ3n) is 3.17. The first-order valence-electron chi connectivity index (χ1n) is 7.28. The van der Waals surface area contributed by atoms with Crippen molar-refractivity contribution in [2.45, 2.75) is 38.6 Å². The summed E-state index contributed by atoms with van der Waals surface area (Å²) in [5.74, 6) is 0.844. The van der Waals surface area contributed by atoms with Gasteiger partial charge in [0.25, 0.3) is 0 Å². The van der Waals surface area contributed by atoms with Gasteiger partial charge in [0.1, 0.15) is 0 Å². The maximum absolute atomic E-state index is 12.2. The van der Waals surface area contributed by atoms with Crippen LogP contribution in [-0.4, -0.2) is 33.0 Å². The molecular weight excluding hydrogens is 304 g/mol. The number of hydrogen-bond donors (Lipinski definition) is 2. The van der Waals surface area contributed by atoms with Gasteiger partial charge in [0, 0.05) is 18.3 Å². The molecule has 0 aromatic heterocycles. The fourth-order valence-electron chi connectivity index (χ4n) is 1.97. The van der Waals surface area contributed by atoms with E-state index in [0.717, 1.165) is 30.8 Å². The van der Waals surface area contributed by atoms with Crippen LogP contribution in [-0.2, 0) is 22.3 Å². The van der Waals surface area contributed by atoms with Crippen LogP contribution in [0.4, 0.5) is 0 Å². The Morgan fingerprint density at radius 3 is 2.29 bits per heavy atom. The Morgan fingerprint density at radius 1 is 1.14 bits per heavy atom. The second-order valence-electron chi connectivity index (χ2n) is 5.03. The zero-order valence-corrected chi connectivity index (χ0v) is 14.7. The molecule has 0 aliphatic carbocycles. The minimum Gasteiger partial charge on any atom is -0.313 e. The van der Waals surface area contributed by atoms with Crippen LogP contribution in [0.3, 0.4) is 0 Å². The van der Waals surface area contributed by atoms with Gasteiger partial charge in [0.2, 0.25) is 10.0 Å². The van der Waals surface area contributed by atoms with Gasteiger partial charge < -0.3 is 5.32 Å². The van der Waals surface area contributed by atoms with E-state index in [1.807, 2.05) is 37.4 Å². The summed E-state index contributed by atoms with van der Waals surface area (Å²) in [5.41, 5.74) is 1.99. The molecule has 0 bridgehead atoms. The zero-order chi connectivity index (χ0) is 15.7. The highest BCUT2D eigenvalue weighted by atomic mass is 32.2. The molecule has 1 aromatic carbocycles. The predicted octanol–water partition coefficient (Wildman–Crippen LogP) is 2.36. The van der Waals surface area contributed by atoms with Crippen molar-refractivity contribution >= 4 is 21.8 Å². The van der Waals surface area contributed by atoms with Crippen molar-refractivity contribution < 1.29 is 8.42 Å². The molecule has 1 atom stereocenters. The second-order valence-corrected chi connectivity index (χ2v) is 7.70. The number of hydrogen-bond acceptors (Lipinski definition) is 4. The van der Waals surface area contributed by atoms with Crippen LogP contribution < -0.4 is 10.0 Å². The summed E-state index contributed by atoms with van der Waals surface area (Å²) >= 11 is 1.66. The van der Waals surface area contributed by atoms with Crippen molar-refractivity contribution in [2.24, 2.45) is 0 Å². The number of benzene rings is 1. The Labute approximate surface area is 133 Å². The lowest BCUT2D eigenvalue weighted by atomic mass is 10.1. The average Bonchev–Trinajstić information content (AvgIpc) is 2.45. The summed E-state index contributed by atoms with van der Waals surface area (Å²) < 4.78 is 27.1. The van der Waals surface area contributed by atoms with Crippen molar-refractivity contribution in [3.63, 3.8) is 0 Å². The zero-order valence-electron chi connectivity index (χ0n) is 13.1. The molecule has 0 radical (unpaired) electrons. The van der Waals surface area contributed by atoms with E-state index >= 15 is 0 Å². The highest BCUT2D eigenvalue weighted by molar-refractivity contribution is 7.98. The average molecular weight is 331 g/mol. The van der Waals surface area contributed by atoms with Crippen LogP contribution in [0.2, 0.25) is 0 Å². The molecule has 0 aliphatic heterocycles. The van der Waals surface area contributed by atoms with Crippen molar-refractivity contribution in [2.75, 3.05) is 18.6 Å². The molecule has 1 unspecified atom stereocenters. The Morgan fingerprint density at radius 2 is 1.76 bits per heavy atom. The summed E-state index contributed by atoms with van der Waals surface area (Å²) in [7, 11) is -3.28. The lowest BCUT2D eigenvalue weighted by Crippen LogP contribution is -2.36. The largest absolute Gasteiger partial charge is 0.313 e. The lowest BCUT2D eigenvalue weighted by Gasteiger charge is -2.16. The van der Waals surface area contributed by atoms with Gasteiger partial charge in [-0.15, -0.1) is 0 Å². The van der Waals surface area contributed by atoms with Gasteiger partial charge in [-0.3, -0.25) is 0 Å². The molecule has 0 amide bonds. The molecule has 120 valence electrons. The van der Waals surface area contributed by atoms with Crippen LogP contribution in [0.5, 0.6) is 0 Å². The molecule has 0 fully saturated rings. The standard InChI is InChI=1S/C15H26N2O2S2/c1-4-15(11-20-3)17-21(18,19)12-14-8-6-13(7-9-14)10-16-5-2/h6-9,15-17H,4-5,10-12H2,1-3H3. The fraction of sp³-hybridized carbons (Fsp3) is 0.600. The molecule has 0 aliphatic rings. The van der Waals surface area contributed by atoms with E-state index in [1.54, 1.807) is 11.8 Å². The molecule has 1 rings (SSSR count).